The molecule has 0 aliphatic heterocycles. The number of hydrogen-bond acceptors (Lipinski definition) is 5. The third kappa shape index (κ3) is 2.23. The predicted molar refractivity (Wildman–Crippen MR) is 70.0 cm³/mol. The number of benzene rings is 2. The summed E-state index contributed by atoms with van der Waals surface area (Å²) < 4.78 is 0. The number of nitrogens with one attached hydrogen (secondary N) is 1. The van der Waals surface area contributed by atoms with Gasteiger partial charge < -0.3 is 15.2 Å². The molecule has 0 spiro atoms. The summed E-state index contributed by atoms with van der Waals surface area (Å²) in [5, 5.41) is 26.5. The minimum Gasteiger partial charge on any atom is -0.508 e. The Balaban J connectivity index is 1.93. The molecule has 6 heteroatoms. The van der Waals surface area contributed by atoms with Gasteiger partial charge in [0, 0.05) is 6.07 Å². The number of aromatic amines is 1. The van der Waals surface area contributed by atoms with Crippen LogP contribution in [0.25, 0.3) is 11.0 Å². The number of imidazole rings is 1. The van der Waals surface area contributed by atoms with Gasteiger partial charge in [0.15, 0.2) is 0 Å². The van der Waals surface area contributed by atoms with Crippen LogP contribution in [0.15, 0.2) is 52.7 Å². The van der Waals surface area contributed by atoms with E-state index in [0.29, 0.717) is 5.95 Å². The lowest BCUT2D eigenvalue weighted by molar-refractivity contribution is 0.451. The molecule has 0 bridgehead atoms. The Labute approximate surface area is 108 Å². The van der Waals surface area contributed by atoms with Gasteiger partial charge in [-0.25, -0.2) is 4.98 Å². The molecule has 3 N–H and O–H groups in total. The molecule has 3 aromatic rings. The molecule has 0 aliphatic rings. The van der Waals surface area contributed by atoms with Crippen molar-refractivity contribution in [2.45, 2.75) is 0 Å². The molecule has 94 valence electrons. The average Bonchev–Trinajstić information content (AvgIpc) is 2.80. The molecule has 0 aliphatic carbocycles. The maximum absolute atomic E-state index is 9.56. The van der Waals surface area contributed by atoms with Gasteiger partial charge in [-0.15, -0.1) is 10.2 Å². The van der Waals surface area contributed by atoms with E-state index in [1.165, 1.54) is 18.2 Å². The van der Waals surface area contributed by atoms with E-state index in [9.17, 15) is 5.11 Å². The molecule has 0 radical (unpaired) electrons. The lowest BCUT2D eigenvalue weighted by Crippen LogP contribution is -1.69. The highest BCUT2D eigenvalue weighted by atomic mass is 16.3. The zero-order valence-corrected chi connectivity index (χ0v) is 9.78. The summed E-state index contributed by atoms with van der Waals surface area (Å²) in [5.74, 6) is 0.189. The Kier molecular flexibility index (Phi) is 2.60. The highest BCUT2D eigenvalue weighted by molar-refractivity contribution is 5.76. The molecule has 0 amide bonds. The Morgan fingerprint density at radius 2 is 1.84 bits per heavy atom. The molecule has 6 nitrogen and oxygen atoms in total. The molecule has 3 rings (SSSR count). The van der Waals surface area contributed by atoms with E-state index in [1.807, 2.05) is 24.3 Å². The van der Waals surface area contributed by atoms with Crippen molar-refractivity contribution in [1.82, 2.24) is 9.97 Å². The number of phenols is 2. The van der Waals surface area contributed by atoms with Gasteiger partial charge >= 0.3 is 0 Å². The quantitative estimate of drug-likeness (QED) is 0.612. The van der Waals surface area contributed by atoms with Gasteiger partial charge in [0.1, 0.15) is 17.2 Å². The van der Waals surface area contributed by atoms with E-state index < -0.39 is 0 Å². The number of hydrogen-bond donors (Lipinski definition) is 3. The zero-order valence-electron chi connectivity index (χ0n) is 9.78. The molecular weight excluding hydrogens is 244 g/mol. The fraction of sp³-hybridized carbons (Fsp3) is 0. The van der Waals surface area contributed by atoms with Crippen molar-refractivity contribution in [3.8, 4) is 11.5 Å². The summed E-state index contributed by atoms with van der Waals surface area (Å²) in [4.78, 5) is 7.22. The second-order valence-corrected chi connectivity index (χ2v) is 3.95. The fourth-order valence-corrected chi connectivity index (χ4v) is 1.68. The third-order valence-corrected chi connectivity index (χ3v) is 2.59. The second kappa shape index (κ2) is 4.41. The summed E-state index contributed by atoms with van der Waals surface area (Å²) in [6.07, 6.45) is 0. The average molecular weight is 254 g/mol. The maximum Gasteiger partial charge on any atom is 0.247 e. The summed E-state index contributed by atoms with van der Waals surface area (Å²) in [6.45, 7) is 0. The van der Waals surface area contributed by atoms with Gasteiger partial charge in [0.05, 0.1) is 11.0 Å². The Hall–Kier alpha value is -2.89. The number of aromatic nitrogens is 2. The van der Waals surface area contributed by atoms with Crippen molar-refractivity contribution in [2.75, 3.05) is 0 Å². The second-order valence-electron chi connectivity index (χ2n) is 3.95. The van der Waals surface area contributed by atoms with Gasteiger partial charge in [-0.3, -0.25) is 0 Å². The predicted octanol–water partition coefficient (Wildman–Crippen LogP) is 3.39. The number of aromatic hydroxyl groups is 2. The zero-order chi connectivity index (χ0) is 13.2. The number of rotatable bonds is 2. The van der Waals surface area contributed by atoms with E-state index in [2.05, 4.69) is 20.2 Å². The van der Waals surface area contributed by atoms with Crippen molar-refractivity contribution in [1.29, 1.82) is 0 Å². The first-order valence-corrected chi connectivity index (χ1v) is 5.61. The molecule has 0 saturated carbocycles. The highest BCUT2D eigenvalue weighted by Crippen LogP contribution is 2.30. The van der Waals surface area contributed by atoms with Gasteiger partial charge in [-0.05, 0) is 24.3 Å². The first-order chi connectivity index (χ1) is 9.22. The lowest BCUT2D eigenvalue weighted by atomic mass is 10.3. The number of H-pyrrole nitrogens is 1. The summed E-state index contributed by atoms with van der Waals surface area (Å²) in [7, 11) is 0. The van der Waals surface area contributed by atoms with Gasteiger partial charge in [0.2, 0.25) is 5.95 Å². The van der Waals surface area contributed by atoms with E-state index >= 15 is 0 Å². The lowest BCUT2D eigenvalue weighted by Gasteiger charge is -1.97. The SMILES string of the molecule is Oc1ccc(/N=N/c2nc3ccccc3[nH]2)c(O)c1. The topological polar surface area (TPSA) is 93.9 Å². The first-order valence-electron chi connectivity index (χ1n) is 5.61. The van der Waals surface area contributed by atoms with Crippen molar-refractivity contribution in [2.24, 2.45) is 10.2 Å². The van der Waals surface area contributed by atoms with Crippen LogP contribution in [0.5, 0.6) is 11.5 Å². The third-order valence-electron chi connectivity index (χ3n) is 2.59. The van der Waals surface area contributed by atoms with E-state index in [4.69, 9.17) is 5.11 Å². The van der Waals surface area contributed by atoms with E-state index in [1.54, 1.807) is 0 Å². The minimum absolute atomic E-state index is 0.0276. The first kappa shape index (κ1) is 11.2. The van der Waals surface area contributed by atoms with Crippen LogP contribution in [0.4, 0.5) is 11.6 Å². The van der Waals surface area contributed by atoms with Gasteiger partial charge in [-0.2, -0.15) is 0 Å². The van der Waals surface area contributed by atoms with E-state index in [0.717, 1.165) is 11.0 Å². The van der Waals surface area contributed by atoms with Gasteiger partial charge in [-0.1, -0.05) is 12.1 Å². The number of fused-ring (bicyclic) bond motifs is 1. The standard InChI is InChI=1S/C13H10N4O2/c18-8-5-6-11(12(19)7-8)16-17-13-14-9-3-1-2-4-10(9)15-13/h1-7,18-19H,(H,14,15)/b17-16+. The van der Waals surface area contributed by atoms with Crippen LogP contribution in [0.1, 0.15) is 0 Å². The maximum atomic E-state index is 9.56. The highest BCUT2D eigenvalue weighted by Gasteiger charge is 2.03. The summed E-state index contributed by atoms with van der Waals surface area (Å²) in [6, 6.07) is 11.6. The van der Waals surface area contributed by atoms with Crippen LogP contribution in [-0.2, 0) is 0 Å². The molecule has 0 atom stereocenters. The normalized spacial score (nSPS) is 11.4. The van der Waals surface area contributed by atoms with Gasteiger partial charge in [0.25, 0.3) is 0 Å². The Morgan fingerprint density at radius 3 is 2.63 bits per heavy atom. The van der Waals surface area contributed by atoms with Crippen LogP contribution in [0.2, 0.25) is 0 Å². The molecular formula is C13H10N4O2. The van der Waals surface area contributed by atoms with Crippen molar-refractivity contribution >= 4 is 22.7 Å². The summed E-state index contributed by atoms with van der Waals surface area (Å²) >= 11 is 0. The fourth-order valence-electron chi connectivity index (χ4n) is 1.68. The van der Waals surface area contributed by atoms with Crippen LogP contribution in [0.3, 0.4) is 0 Å². The van der Waals surface area contributed by atoms with Crippen LogP contribution in [0, 0.1) is 0 Å². The van der Waals surface area contributed by atoms with Crippen molar-refractivity contribution in [3.05, 3.63) is 42.5 Å². The number of para-hydroxylation sites is 2. The van der Waals surface area contributed by atoms with Crippen LogP contribution in [-0.4, -0.2) is 20.2 Å². The molecule has 0 unspecified atom stereocenters. The largest absolute Gasteiger partial charge is 0.508 e. The number of azo groups is 1. The molecule has 1 heterocycles. The van der Waals surface area contributed by atoms with Crippen molar-refractivity contribution < 1.29 is 10.2 Å². The van der Waals surface area contributed by atoms with Crippen molar-refractivity contribution in [3.63, 3.8) is 0 Å². The molecule has 0 saturated heterocycles. The molecule has 0 fully saturated rings. The number of phenolic OH excluding ortho intramolecular Hbond substituents is 2. The summed E-state index contributed by atoms with van der Waals surface area (Å²) in [5.41, 5.74) is 1.93. The Bertz CT molecular complexity index is 731. The van der Waals surface area contributed by atoms with Crippen LogP contribution < -0.4 is 0 Å². The molecule has 1 aromatic heterocycles. The molecule has 19 heavy (non-hydrogen) atoms. The van der Waals surface area contributed by atoms with Crippen LogP contribution >= 0.6 is 0 Å². The Morgan fingerprint density at radius 1 is 1.00 bits per heavy atom. The van der Waals surface area contributed by atoms with E-state index in [-0.39, 0.29) is 17.2 Å². The number of nitrogens with zero attached hydrogens (tertiary/aromatic N) is 3. The minimum atomic E-state index is -0.139. The monoisotopic (exact) mass is 254 g/mol. The smallest absolute Gasteiger partial charge is 0.247 e. The molecule has 2 aromatic carbocycles.